The van der Waals surface area contributed by atoms with Crippen LogP contribution in [0.1, 0.15) is 51.9 Å². The first-order chi connectivity index (χ1) is 9.33. The van der Waals surface area contributed by atoms with Crippen molar-refractivity contribution < 1.29 is 4.74 Å². The molecule has 3 nitrogen and oxygen atoms in total. The van der Waals surface area contributed by atoms with Gasteiger partial charge < -0.3 is 15.4 Å². The topological polar surface area (TPSA) is 33.3 Å². The van der Waals surface area contributed by atoms with Gasteiger partial charge in [0.1, 0.15) is 0 Å². The lowest BCUT2D eigenvalue weighted by molar-refractivity contribution is -0.0491. The van der Waals surface area contributed by atoms with Gasteiger partial charge in [-0.25, -0.2) is 0 Å². The fourth-order valence-electron chi connectivity index (χ4n) is 3.71. The first kappa shape index (κ1) is 13.3. The molecular formula is C16H28N2O. The standard InChI is InChI=1S/C16H28N2O/c1-12-3-8-15(19-11-12)13-4-6-14(7-5-13)16-17-9-2-10-18-16/h12-13,15,17-18H,2-11H2,1H3. The molecule has 0 aromatic carbocycles. The number of rotatable bonds is 1. The minimum Gasteiger partial charge on any atom is -0.378 e. The monoisotopic (exact) mass is 264 g/mol. The highest BCUT2D eigenvalue weighted by molar-refractivity contribution is 5.15. The fourth-order valence-corrected chi connectivity index (χ4v) is 3.71. The van der Waals surface area contributed by atoms with Gasteiger partial charge in [0, 0.05) is 19.7 Å². The first-order valence-corrected chi connectivity index (χ1v) is 8.14. The predicted octanol–water partition coefficient (Wildman–Crippen LogP) is 2.79. The number of nitrogens with one attached hydrogen (secondary N) is 2. The van der Waals surface area contributed by atoms with Crippen LogP contribution in [0.3, 0.4) is 0 Å². The molecule has 2 saturated heterocycles. The second kappa shape index (κ2) is 6.17. The predicted molar refractivity (Wildman–Crippen MR) is 77.7 cm³/mol. The van der Waals surface area contributed by atoms with Gasteiger partial charge in [0.05, 0.1) is 11.9 Å². The Morgan fingerprint density at radius 3 is 2.37 bits per heavy atom. The summed E-state index contributed by atoms with van der Waals surface area (Å²) in [6, 6.07) is 0. The van der Waals surface area contributed by atoms with Crippen molar-refractivity contribution >= 4 is 0 Å². The van der Waals surface area contributed by atoms with Crippen LogP contribution in [0, 0.1) is 11.8 Å². The summed E-state index contributed by atoms with van der Waals surface area (Å²) in [5, 5.41) is 7.05. The molecule has 1 saturated carbocycles. The quantitative estimate of drug-likeness (QED) is 0.764. The lowest BCUT2D eigenvalue weighted by Crippen LogP contribution is -2.37. The van der Waals surface area contributed by atoms with Crippen LogP contribution in [0.4, 0.5) is 0 Å². The molecule has 1 aliphatic carbocycles. The van der Waals surface area contributed by atoms with E-state index in [1.54, 1.807) is 5.57 Å². The number of ether oxygens (including phenoxy) is 1. The fraction of sp³-hybridized carbons (Fsp3) is 0.875. The molecule has 0 bridgehead atoms. The van der Waals surface area contributed by atoms with Gasteiger partial charge in [-0.1, -0.05) is 6.92 Å². The van der Waals surface area contributed by atoms with E-state index in [0.717, 1.165) is 31.5 Å². The summed E-state index contributed by atoms with van der Waals surface area (Å²) >= 11 is 0. The third kappa shape index (κ3) is 3.25. The largest absolute Gasteiger partial charge is 0.378 e. The second-order valence-corrected chi connectivity index (χ2v) is 6.58. The van der Waals surface area contributed by atoms with E-state index in [2.05, 4.69) is 17.6 Å². The van der Waals surface area contributed by atoms with Crippen LogP contribution < -0.4 is 10.6 Å². The molecule has 2 N–H and O–H groups in total. The number of hydrogen-bond donors (Lipinski definition) is 2. The Morgan fingerprint density at radius 1 is 1.00 bits per heavy atom. The second-order valence-electron chi connectivity index (χ2n) is 6.58. The Hall–Kier alpha value is -0.700. The van der Waals surface area contributed by atoms with E-state index in [0.29, 0.717) is 6.10 Å². The number of hydrogen-bond acceptors (Lipinski definition) is 3. The van der Waals surface area contributed by atoms with Crippen LogP contribution in [-0.2, 0) is 4.74 Å². The summed E-state index contributed by atoms with van der Waals surface area (Å²) in [6.45, 7) is 5.57. The third-order valence-corrected chi connectivity index (χ3v) is 5.01. The van der Waals surface area contributed by atoms with Crippen LogP contribution in [0.5, 0.6) is 0 Å². The molecule has 3 aliphatic rings. The maximum absolute atomic E-state index is 6.06. The maximum atomic E-state index is 6.06. The maximum Gasteiger partial charge on any atom is 0.0978 e. The average Bonchev–Trinajstić information content (AvgIpc) is 2.49. The van der Waals surface area contributed by atoms with E-state index < -0.39 is 0 Å². The van der Waals surface area contributed by atoms with E-state index in [1.165, 1.54) is 50.8 Å². The van der Waals surface area contributed by atoms with Crippen molar-refractivity contribution in [3.63, 3.8) is 0 Å². The van der Waals surface area contributed by atoms with Gasteiger partial charge >= 0.3 is 0 Å². The Balaban J connectivity index is 1.51. The molecule has 2 atom stereocenters. The minimum atomic E-state index is 0.551. The molecule has 108 valence electrons. The van der Waals surface area contributed by atoms with Crippen molar-refractivity contribution in [2.45, 2.75) is 58.0 Å². The molecule has 0 aromatic heterocycles. The lowest BCUT2D eigenvalue weighted by Gasteiger charge is -2.36. The molecular weight excluding hydrogens is 236 g/mol. The van der Waals surface area contributed by atoms with Gasteiger partial charge in [-0.15, -0.1) is 0 Å². The molecule has 0 aromatic rings. The first-order valence-electron chi connectivity index (χ1n) is 8.14. The molecule has 2 aliphatic heterocycles. The highest BCUT2D eigenvalue weighted by Gasteiger charge is 2.30. The van der Waals surface area contributed by atoms with Crippen molar-refractivity contribution in [2.75, 3.05) is 19.7 Å². The molecule has 3 fully saturated rings. The molecule has 0 radical (unpaired) electrons. The van der Waals surface area contributed by atoms with Gasteiger partial charge in [-0.2, -0.15) is 0 Å². The average molecular weight is 264 g/mol. The zero-order valence-electron chi connectivity index (χ0n) is 12.2. The van der Waals surface area contributed by atoms with Gasteiger partial charge in [0.2, 0.25) is 0 Å². The smallest absolute Gasteiger partial charge is 0.0978 e. The van der Waals surface area contributed by atoms with E-state index in [9.17, 15) is 0 Å². The highest BCUT2D eigenvalue weighted by Crippen LogP contribution is 2.36. The molecule has 2 unspecified atom stereocenters. The van der Waals surface area contributed by atoms with Crippen molar-refractivity contribution in [1.29, 1.82) is 0 Å². The van der Waals surface area contributed by atoms with Gasteiger partial charge in [-0.05, 0) is 62.4 Å². The van der Waals surface area contributed by atoms with Crippen LogP contribution in [0.15, 0.2) is 11.4 Å². The van der Waals surface area contributed by atoms with E-state index >= 15 is 0 Å². The zero-order chi connectivity index (χ0) is 13.1. The molecule has 3 heteroatoms. The molecule has 2 heterocycles. The summed E-state index contributed by atoms with van der Waals surface area (Å²) < 4.78 is 6.06. The Morgan fingerprint density at radius 2 is 1.74 bits per heavy atom. The van der Waals surface area contributed by atoms with Gasteiger partial charge in [0.25, 0.3) is 0 Å². The Bertz CT molecular complexity index is 314. The minimum absolute atomic E-state index is 0.551. The molecule has 3 rings (SSSR count). The Labute approximate surface area is 117 Å². The van der Waals surface area contributed by atoms with Gasteiger partial charge in [0.15, 0.2) is 0 Å². The summed E-state index contributed by atoms with van der Waals surface area (Å²) in [5.41, 5.74) is 1.63. The summed E-state index contributed by atoms with van der Waals surface area (Å²) in [5.74, 6) is 2.93. The Kier molecular flexibility index (Phi) is 4.31. The van der Waals surface area contributed by atoms with E-state index in [4.69, 9.17) is 4.74 Å². The van der Waals surface area contributed by atoms with Crippen LogP contribution in [-0.4, -0.2) is 25.8 Å². The van der Waals surface area contributed by atoms with Crippen LogP contribution in [0.25, 0.3) is 0 Å². The highest BCUT2D eigenvalue weighted by atomic mass is 16.5. The zero-order valence-corrected chi connectivity index (χ0v) is 12.2. The SMILES string of the molecule is CC1CCC(C2CCC(=C3NCCCN3)CC2)OC1. The summed E-state index contributed by atoms with van der Waals surface area (Å²) in [7, 11) is 0. The third-order valence-electron chi connectivity index (χ3n) is 5.01. The lowest BCUT2D eigenvalue weighted by atomic mass is 9.79. The van der Waals surface area contributed by atoms with Crippen LogP contribution in [0.2, 0.25) is 0 Å². The van der Waals surface area contributed by atoms with Crippen molar-refractivity contribution in [3.8, 4) is 0 Å². The van der Waals surface area contributed by atoms with Crippen LogP contribution >= 0.6 is 0 Å². The van der Waals surface area contributed by atoms with Crippen molar-refractivity contribution in [2.24, 2.45) is 11.8 Å². The molecule has 19 heavy (non-hydrogen) atoms. The normalized spacial score (nSPS) is 36.6. The summed E-state index contributed by atoms with van der Waals surface area (Å²) in [4.78, 5) is 0. The summed E-state index contributed by atoms with van der Waals surface area (Å²) in [6.07, 6.45) is 9.60. The van der Waals surface area contributed by atoms with E-state index in [1.807, 2.05) is 0 Å². The van der Waals surface area contributed by atoms with Gasteiger partial charge in [-0.3, -0.25) is 0 Å². The molecule has 0 spiro atoms. The molecule has 0 amide bonds. The van der Waals surface area contributed by atoms with Crippen molar-refractivity contribution in [3.05, 3.63) is 11.4 Å². The van der Waals surface area contributed by atoms with E-state index in [-0.39, 0.29) is 0 Å². The van der Waals surface area contributed by atoms with Crippen molar-refractivity contribution in [1.82, 2.24) is 10.6 Å². The number of allylic oxidation sites excluding steroid dienone is 1.